The van der Waals surface area contributed by atoms with Gasteiger partial charge < -0.3 is 10.1 Å². The fourth-order valence-electron chi connectivity index (χ4n) is 7.85. The molecule has 4 saturated carbocycles. The summed E-state index contributed by atoms with van der Waals surface area (Å²) in [5.74, 6) is 0.708. The average Bonchev–Trinajstić information content (AvgIpc) is 2.67. The van der Waals surface area contributed by atoms with Crippen LogP contribution >= 0.6 is 0 Å². The van der Waals surface area contributed by atoms with Crippen LogP contribution in [0.1, 0.15) is 57.9 Å². The molecule has 1 aromatic carbocycles. The van der Waals surface area contributed by atoms with Crippen molar-refractivity contribution in [2.75, 3.05) is 31.6 Å². The monoisotopic (exact) mass is 446 g/mol. The Kier molecular flexibility index (Phi) is 4.85. The Labute approximate surface area is 185 Å². The zero-order valence-corrected chi connectivity index (χ0v) is 19.7. The molecule has 1 aliphatic heterocycles. The molecule has 6 rings (SSSR count). The van der Waals surface area contributed by atoms with Crippen molar-refractivity contribution >= 4 is 21.6 Å². The van der Waals surface area contributed by atoms with E-state index in [2.05, 4.69) is 19.2 Å². The highest BCUT2D eigenvalue weighted by atomic mass is 32.2. The van der Waals surface area contributed by atoms with Crippen molar-refractivity contribution in [3.05, 3.63) is 23.8 Å². The van der Waals surface area contributed by atoms with E-state index in [1.54, 1.807) is 19.1 Å². The van der Waals surface area contributed by atoms with E-state index in [1.807, 2.05) is 6.07 Å². The maximum absolute atomic E-state index is 13.6. The summed E-state index contributed by atoms with van der Waals surface area (Å²) in [4.78, 5) is 13.9. The van der Waals surface area contributed by atoms with Crippen LogP contribution in [0.25, 0.3) is 0 Å². The second-order valence-electron chi connectivity index (χ2n) is 11.4. The van der Waals surface area contributed by atoms with Crippen molar-refractivity contribution in [1.29, 1.82) is 0 Å². The predicted molar refractivity (Wildman–Crippen MR) is 119 cm³/mol. The molecule has 5 fully saturated rings. The second kappa shape index (κ2) is 7.03. The van der Waals surface area contributed by atoms with E-state index in [0.717, 1.165) is 19.3 Å². The van der Waals surface area contributed by atoms with Crippen molar-refractivity contribution in [2.45, 2.75) is 64.2 Å². The number of carbonyl (C=O) groups is 1. The molecule has 31 heavy (non-hydrogen) atoms. The summed E-state index contributed by atoms with van der Waals surface area (Å²) in [6.07, 6.45) is 6.56. The van der Waals surface area contributed by atoms with Crippen LogP contribution < -0.4 is 5.32 Å². The summed E-state index contributed by atoms with van der Waals surface area (Å²) in [5.41, 5.74) is 1.46. The zero-order chi connectivity index (χ0) is 22.1. The van der Waals surface area contributed by atoms with Crippen molar-refractivity contribution in [2.24, 2.45) is 22.2 Å². The Hall–Kier alpha value is -1.44. The Balaban J connectivity index is 1.41. The molecule has 4 bridgehead atoms. The van der Waals surface area contributed by atoms with Crippen LogP contribution in [0.3, 0.4) is 0 Å². The first-order valence-electron chi connectivity index (χ1n) is 11.5. The van der Waals surface area contributed by atoms with Gasteiger partial charge in [0, 0.05) is 18.8 Å². The molecule has 6 nitrogen and oxygen atoms in total. The molecule has 0 aromatic heterocycles. The van der Waals surface area contributed by atoms with E-state index in [0.29, 0.717) is 43.5 Å². The van der Waals surface area contributed by atoms with Gasteiger partial charge in [-0.3, -0.25) is 4.79 Å². The molecule has 0 spiro atoms. The molecule has 1 heterocycles. The first-order valence-corrected chi connectivity index (χ1v) is 13.0. The number of hydrogen-bond acceptors (Lipinski definition) is 4. The van der Waals surface area contributed by atoms with E-state index in [-0.39, 0.29) is 27.0 Å². The van der Waals surface area contributed by atoms with Crippen LogP contribution in [0.5, 0.6) is 0 Å². The van der Waals surface area contributed by atoms with Crippen LogP contribution in [0.15, 0.2) is 23.1 Å². The van der Waals surface area contributed by atoms with Gasteiger partial charge in [-0.25, -0.2) is 8.42 Å². The number of sulfonamides is 1. The topological polar surface area (TPSA) is 75.7 Å². The molecule has 2 unspecified atom stereocenters. The number of nitrogens with zero attached hydrogens (tertiary/aromatic N) is 1. The molecule has 1 aromatic rings. The number of anilines is 1. The highest BCUT2D eigenvalue weighted by molar-refractivity contribution is 7.89. The molecule has 170 valence electrons. The minimum absolute atomic E-state index is 0.0765. The molecule has 5 aliphatic rings. The van der Waals surface area contributed by atoms with Gasteiger partial charge in [-0.2, -0.15) is 4.31 Å². The number of ether oxygens (including phenoxy) is 1. The van der Waals surface area contributed by atoms with Crippen LogP contribution in [0.4, 0.5) is 5.69 Å². The lowest BCUT2D eigenvalue weighted by atomic mass is 9.40. The van der Waals surface area contributed by atoms with E-state index < -0.39 is 10.0 Å². The molecule has 7 heteroatoms. The molecule has 2 atom stereocenters. The van der Waals surface area contributed by atoms with Gasteiger partial charge in [-0.15, -0.1) is 0 Å². The van der Waals surface area contributed by atoms with Crippen molar-refractivity contribution in [1.82, 2.24) is 4.31 Å². The first kappa shape index (κ1) is 21.4. The summed E-state index contributed by atoms with van der Waals surface area (Å²) in [5, 5.41) is 3.13. The Bertz CT molecular complexity index is 996. The highest BCUT2D eigenvalue weighted by Gasteiger charge is 2.62. The predicted octanol–water partition coefficient (Wildman–Crippen LogP) is 3.95. The van der Waals surface area contributed by atoms with E-state index in [4.69, 9.17) is 4.74 Å². The van der Waals surface area contributed by atoms with Crippen LogP contribution in [0.2, 0.25) is 0 Å². The third-order valence-corrected chi connectivity index (χ3v) is 10.2. The lowest BCUT2D eigenvalue weighted by molar-refractivity contribution is -0.165. The average molecular weight is 447 g/mol. The van der Waals surface area contributed by atoms with Gasteiger partial charge in [0.05, 0.1) is 23.5 Å². The van der Waals surface area contributed by atoms with Crippen LogP contribution in [-0.2, 0) is 19.6 Å². The largest absolute Gasteiger partial charge is 0.379 e. The van der Waals surface area contributed by atoms with Crippen molar-refractivity contribution in [3.8, 4) is 0 Å². The maximum atomic E-state index is 13.6. The van der Waals surface area contributed by atoms with Gasteiger partial charge in [0.2, 0.25) is 15.9 Å². The Morgan fingerprint density at radius 1 is 1.06 bits per heavy atom. The molecule has 4 aliphatic carbocycles. The smallest absolute Gasteiger partial charge is 0.243 e. The number of hydrogen-bond donors (Lipinski definition) is 1. The van der Waals surface area contributed by atoms with E-state index in [9.17, 15) is 13.2 Å². The first-order chi connectivity index (χ1) is 14.5. The molecule has 1 saturated heterocycles. The molecule has 1 N–H and O–H groups in total. The summed E-state index contributed by atoms with van der Waals surface area (Å²) in [6, 6.07) is 5.27. The van der Waals surface area contributed by atoms with Gasteiger partial charge in [0.25, 0.3) is 0 Å². The zero-order valence-electron chi connectivity index (χ0n) is 18.9. The lowest BCUT2D eigenvalue weighted by Gasteiger charge is -2.64. The minimum atomic E-state index is -3.61. The number of benzene rings is 1. The number of aryl methyl sites for hydroxylation is 1. The fraction of sp³-hybridized carbons (Fsp3) is 0.708. The van der Waals surface area contributed by atoms with Crippen molar-refractivity contribution in [3.63, 3.8) is 0 Å². The number of carbonyl (C=O) groups excluding carboxylic acids is 1. The molecule has 1 amide bonds. The van der Waals surface area contributed by atoms with Gasteiger partial charge in [0.15, 0.2) is 0 Å². The number of rotatable bonds is 4. The number of nitrogens with one attached hydrogen (secondary N) is 1. The normalized spacial score (nSPS) is 37.7. The minimum Gasteiger partial charge on any atom is -0.379 e. The maximum Gasteiger partial charge on any atom is 0.243 e. The van der Waals surface area contributed by atoms with E-state index >= 15 is 0 Å². The number of amides is 1. The van der Waals surface area contributed by atoms with Gasteiger partial charge in [0.1, 0.15) is 0 Å². The molecule has 0 radical (unpaired) electrons. The Morgan fingerprint density at radius 2 is 1.71 bits per heavy atom. The SMILES string of the molecule is Cc1ccc(NC(=O)C23CC4CC(C)(CC(C)(C4)C2)C3)cc1S(=O)(=O)N1CCOCC1. The standard InChI is InChI=1S/C24H34N2O4S/c1-17-4-5-19(10-20(17)31(28,29)26-6-8-30-9-7-26)25-21(27)24-13-18-11-22(2,15-24)14-23(3,12-18)16-24/h4-5,10,18H,6-9,11-16H2,1-3H3,(H,25,27). The summed E-state index contributed by atoms with van der Waals surface area (Å²) in [6.45, 7) is 8.07. The van der Waals surface area contributed by atoms with Crippen molar-refractivity contribution < 1.29 is 17.9 Å². The van der Waals surface area contributed by atoms with Gasteiger partial charge in [-0.1, -0.05) is 19.9 Å². The summed E-state index contributed by atoms with van der Waals surface area (Å²) < 4.78 is 33.2. The molecular weight excluding hydrogens is 412 g/mol. The highest BCUT2D eigenvalue weighted by Crippen LogP contribution is 2.69. The second-order valence-corrected chi connectivity index (χ2v) is 13.3. The third-order valence-electron chi connectivity index (χ3n) is 8.14. The van der Waals surface area contributed by atoms with Crippen LogP contribution in [-0.4, -0.2) is 44.9 Å². The quantitative estimate of drug-likeness (QED) is 0.760. The van der Waals surface area contributed by atoms with Gasteiger partial charge in [-0.05, 0) is 79.9 Å². The fourth-order valence-corrected chi connectivity index (χ4v) is 9.51. The molecular formula is C24H34N2O4S. The summed E-state index contributed by atoms with van der Waals surface area (Å²) >= 11 is 0. The Morgan fingerprint density at radius 3 is 2.32 bits per heavy atom. The third kappa shape index (κ3) is 3.62. The van der Waals surface area contributed by atoms with Gasteiger partial charge >= 0.3 is 0 Å². The van der Waals surface area contributed by atoms with Crippen LogP contribution in [0, 0.1) is 29.1 Å². The summed E-state index contributed by atoms with van der Waals surface area (Å²) in [7, 11) is -3.61. The van der Waals surface area contributed by atoms with E-state index in [1.165, 1.54) is 23.6 Å². The number of morpholine rings is 1. The lowest BCUT2D eigenvalue weighted by Crippen LogP contribution is -2.58.